The first-order valence-corrected chi connectivity index (χ1v) is 3.67. The van der Waals surface area contributed by atoms with E-state index in [2.05, 4.69) is 4.99 Å². The molecule has 0 spiro atoms. The maximum absolute atomic E-state index is 10.1. The van der Waals surface area contributed by atoms with Gasteiger partial charge in [-0.2, -0.15) is 4.99 Å². The van der Waals surface area contributed by atoms with Crippen LogP contribution in [0.4, 0.5) is 5.69 Å². The van der Waals surface area contributed by atoms with Crippen molar-refractivity contribution >= 4 is 24.1 Å². The lowest BCUT2D eigenvalue weighted by atomic mass is 10.2. The fourth-order valence-corrected chi connectivity index (χ4v) is 0.922. The summed E-state index contributed by atoms with van der Waals surface area (Å²) in [6.45, 7) is 0. The van der Waals surface area contributed by atoms with Crippen molar-refractivity contribution in [2.45, 2.75) is 0 Å². The van der Waals surface area contributed by atoms with Crippen molar-refractivity contribution in [1.29, 1.82) is 0 Å². The molecule has 0 unspecified atom stereocenters. The van der Waals surface area contributed by atoms with Gasteiger partial charge in [-0.15, -0.1) is 0 Å². The van der Waals surface area contributed by atoms with E-state index >= 15 is 0 Å². The van der Waals surface area contributed by atoms with E-state index in [4.69, 9.17) is 0 Å². The predicted molar refractivity (Wildman–Crippen MR) is 49.3 cm³/mol. The normalized spacial score (nSPS) is 9.54. The van der Waals surface area contributed by atoms with Crippen molar-refractivity contribution in [3.8, 4) is 0 Å². The Morgan fingerprint density at radius 2 is 2.08 bits per heavy atom. The van der Waals surface area contributed by atoms with Crippen LogP contribution in [0.25, 0.3) is 6.08 Å². The largest absolute Gasteiger partial charge is 0.299 e. The molecule has 0 bridgehead atoms. The van der Waals surface area contributed by atoms with Gasteiger partial charge in [0.25, 0.3) is 0 Å². The maximum atomic E-state index is 10.1. The van der Waals surface area contributed by atoms with Crippen LogP contribution >= 0.6 is 0 Å². The van der Waals surface area contributed by atoms with E-state index in [-0.39, 0.29) is 0 Å². The summed E-state index contributed by atoms with van der Waals surface area (Å²) in [4.78, 5) is 23.6. The van der Waals surface area contributed by atoms with Crippen molar-refractivity contribution in [3.63, 3.8) is 0 Å². The van der Waals surface area contributed by atoms with Crippen LogP contribution in [0, 0.1) is 0 Å². The van der Waals surface area contributed by atoms with Gasteiger partial charge in [-0.05, 0) is 18.2 Å². The van der Waals surface area contributed by atoms with Crippen molar-refractivity contribution in [3.05, 3.63) is 35.9 Å². The van der Waals surface area contributed by atoms with Gasteiger partial charge in [0.15, 0.2) is 0 Å². The van der Waals surface area contributed by atoms with Gasteiger partial charge in [0.05, 0.1) is 5.69 Å². The summed E-state index contributed by atoms with van der Waals surface area (Å²) in [5, 5.41) is 0. The molecule has 0 aliphatic carbocycles. The molecule has 0 saturated heterocycles. The molecule has 64 valence electrons. The standard InChI is InChI=1S/C10H7NO2/c12-7-3-5-9-4-1-2-6-10(9)11-8-13/h1-7H. The van der Waals surface area contributed by atoms with Crippen LogP contribution in [0.1, 0.15) is 5.56 Å². The molecule has 0 aliphatic heterocycles. The van der Waals surface area contributed by atoms with E-state index in [0.29, 0.717) is 12.0 Å². The van der Waals surface area contributed by atoms with Crippen molar-refractivity contribution in [1.82, 2.24) is 0 Å². The molecule has 3 heteroatoms. The summed E-state index contributed by atoms with van der Waals surface area (Å²) in [6.07, 6.45) is 5.05. The maximum Gasteiger partial charge on any atom is 0.240 e. The van der Waals surface area contributed by atoms with Crippen LogP contribution < -0.4 is 0 Å². The fraction of sp³-hybridized carbons (Fsp3) is 0. The molecule has 0 aliphatic rings. The molecule has 0 N–H and O–H groups in total. The Morgan fingerprint density at radius 1 is 1.31 bits per heavy atom. The Balaban J connectivity index is 3.10. The van der Waals surface area contributed by atoms with E-state index in [1.165, 1.54) is 12.2 Å². The summed E-state index contributed by atoms with van der Waals surface area (Å²) in [6, 6.07) is 6.99. The summed E-state index contributed by atoms with van der Waals surface area (Å²) in [7, 11) is 0. The van der Waals surface area contributed by atoms with Gasteiger partial charge in [-0.1, -0.05) is 18.2 Å². The zero-order chi connectivity index (χ0) is 9.52. The third kappa shape index (κ3) is 2.51. The fourth-order valence-electron chi connectivity index (χ4n) is 0.922. The summed E-state index contributed by atoms with van der Waals surface area (Å²) >= 11 is 0. The van der Waals surface area contributed by atoms with E-state index in [1.807, 2.05) is 0 Å². The Morgan fingerprint density at radius 3 is 2.77 bits per heavy atom. The molecular weight excluding hydrogens is 166 g/mol. The molecule has 0 fully saturated rings. The molecular formula is C10H7NO2. The Kier molecular flexibility index (Phi) is 3.36. The summed E-state index contributed by atoms with van der Waals surface area (Å²) in [5.74, 6) is 0. The lowest BCUT2D eigenvalue weighted by molar-refractivity contribution is -0.104. The average Bonchev–Trinajstić information content (AvgIpc) is 2.17. The van der Waals surface area contributed by atoms with Gasteiger partial charge >= 0.3 is 0 Å². The molecule has 0 radical (unpaired) electrons. The molecule has 13 heavy (non-hydrogen) atoms. The van der Waals surface area contributed by atoms with Gasteiger partial charge in [-0.25, -0.2) is 4.79 Å². The molecule has 0 amide bonds. The van der Waals surface area contributed by atoms with Crippen LogP contribution in [0.5, 0.6) is 0 Å². The number of isocyanates is 1. The molecule has 0 saturated carbocycles. The van der Waals surface area contributed by atoms with Gasteiger partial charge in [0, 0.05) is 5.56 Å². The smallest absolute Gasteiger partial charge is 0.240 e. The third-order valence-electron chi connectivity index (χ3n) is 1.46. The number of aliphatic imine (C=N–C) groups is 1. The number of allylic oxidation sites excluding steroid dienone is 1. The number of rotatable bonds is 3. The van der Waals surface area contributed by atoms with Crippen LogP contribution in [0.15, 0.2) is 35.3 Å². The highest BCUT2D eigenvalue weighted by atomic mass is 16.1. The molecule has 1 rings (SSSR count). The Hall–Kier alpha value is -1.99. The third-order valence-corrected chi connectivity index (χ3v) is 1.46. The monoisotopic (exact) mass is 173 g/mol. The average molecular weight is 173 g/mol. The number of hydrogen-bond acceptors (Lipinski definition) is 3. The lowest BCUT2D eigenvalue weighted by Crippen LogP contribution is -1.73. The van der Waals surface area contributed by atoms with Crippen molar-refractivity contribution < 1.29 is 9.59 Å². The van der Waals surface area contributed by atoms with Gasteiger partial charge < -0.3 is 0 Å². The first kappa shape index (κ1) is 9.10. The van der Waals surface area contributed by atoms with E-state index < -0.39 is 0 Å². The van der Waals surface area contributed by atoms with E-state index in [0.717, 1.165) is 5.56 Å². The molecule has 0 atom stereocenters. The highest BCUT2D eigenvalue weighted by molar-refractivity contribution is 5.77. The van der Waals surface area contributed by atoms with Crippen LogP contribution in [0.3, 0.4) is 0 Å². The first-order valence-electron chi connectivity index (χ1n) is 3.67. The highest BCUT2D eigenvalue weighted by Crippen LogP contribution is 2.18. The number of carbonyl (C=O) groups excluding carboxylic acids is 2. The molecule has 3 nitrogen and oxygen atoms in total. The van der Waals surface area contributed by atoms with Gasteiger partial charge in [0.2, 0.25) is 6.08 Å². The van der Waals surface area contributed by atoms with Gasteiger partial charge in [-0.3, -0.25) is 4.79 Å². The van der Waals surface area contributed by atoms with Crippen LogP contribution in [0.2, 0.25) is 0 Å². The molecule has 0 heterocycles. The minimum atomic E-state index is 0.510. The molecule has 0 aromatic heterocycles. The number of hydrogen-bond donors (Lipinski definition) is 0. The zero-order valence-corrected chi connectivity index (χ0v) is 6.81. The van der Waals surface area contributed by atoms with Crippen molar-refractivity contribution in [2.24, 2.45) is 4.99 Å². The Bertz CT molecular complexity index is 376. The topological polar surface area (TPSA) is 46.5 Å². The summed E-state index contributed by atoms with van der Waals surface area (Å²) < 4.78 is 0. The molecule has 1 aromatic rings. The minimum Gasteiger partial charge on any atom is -0.299 e. The number of nitrogens with zero attached hydrogens (tertiary/aromatic N) is 1. The first-order chi connectivity index (χ1) is 6.38. The number of benzene rings is 1. The lowest BCUT2D eigenvalue weighted by Gasteiger charge is -1.95. The van der Waals surface area contributed by atoms with Crippen LogP contribution in [-0.4, -0.2) is 12.4 Å². The predicted octanol–water partition coefficient (Wildman–Crippen LogP) is 1.87. The minimum absolute atomic E-state index is 0.510. The number of carbonyl (C=O) groups is 1. The SMILES string of the molecule is O=C=Nc1ccccc1C=CC=O. The highest BCUT2D eigenvalue weighted by Gasteiger charge is 1.94. The van der Waals surface area contributed by atoms with Crippen LogP contribution in [-0.2, 0) is 9.59 Å². The second kappa shape index (κ2) is 4.80. The summed E-state index contributed by atoms with van der Waals surface area (Å²) in [5.41, 5.74) is 1.23. The Labute approximate surface area is 75.4 Å². The zero-order valence-electron chi connectivity index (χ0n) is 6.81. The van der Waals surface area contributed by atoms with Crippen molar-refractivity contribution in [2.75, 3.05) is 0 Å². The van der Waals surface area contributed by atoms with E-state index in [1.54, 1.807) is 30.3 Å². The number of para-hydroxylation sites is 1. The van der Waals surface area contributed by atoms with E-state index in [9.17, 15) is 9.59 Å². The van der Waals surface area contributed by atoms with Gasteiger partial charge in [0.1, 0.15) is 6.29 Å². The second-order valence-electron chi connectivity index (χ2n) is 2.26. The second-order valence-corrected chi connectivity index (χ2v) is 2.26. The quantitative estimate of drug-likeness (QED) is 0.303. The number of aldehydes is 1. The molecule has 1 aromatic carbocycles.